The molecule has 8 heteroatoms. The fraction of sp³-hybridized carbons (Fsp3) is 0.619. The first-order valence-corrected chi connectivity index (χ1v) is 10.7. The van der Waals surface area contributed by atoms with Crippen molar-refractivity contribution in [3.8, 4) is 0 Å². The number of ether oxygens (including phenoxy) is 1. The highest BCUT2D eigenvalue weighted by Gasteiger charge is 2.64. The van der Waals surface area contributed by atoms with Gasteiger partial charge in [-0.15, -0.1) is 0 Å². The summed E-state index contributed by atoms with van der Waals surface area (Å²) in [5, 5.41) is 10.8. The minimum atomic E-state index is -0.727. The second-order valence-electron chi connectivity index (χ2n) is 8.66. The Morgan fingerprint density at radius 3 is 2.62 bits per heavy atom. The van der Waals surface area contributed by atoms with Crippen molar-refractivity contribution in [1.29, 1.82) is 0 Å². The molecule has 2 atom stereocenters. The van der Waals surface area contributed by atoms with E-state index in [-0.39, 0.29) is 18.4 Å². The number of carbonyl (C=O) groups is 2. The van der Waals surface area contributed by atoms with Gasteiger partial charge in [0.25, 0.3) is 5.91 Å². The number of aliphatic hydroxyl groups is 1. The summed E-state index contributed by atoms with van der Waals surface area (Å²) in [4.78, 5) is 32.5. The van der Waals surface area contributed by atoms with Gasteiger partial charge in [-0.05, 0) is 30.9 Å². The molecule has 4 heterocycles. The highest BCUT2D eigenvalue weighted by molar-refractivity contribution is 6.31. The predicted molar refractivity (Wildman–Crippen MR) is 106 cm³/mol. The lowest BCUT2D eigenvalue weighted by Crippen LogP contribution is -2.82. The van der Waals surface area contributed by atoms with Gasteiger partial charge in [-0.3, -0.25) is 24.3 Å². The standard InChI is InChI=1S/C21H26ClN3O4/c22-17-4-2-1-3-14(17)10-24-19(27)18-9-16(26)11-25(18)21(20(24)28)12-23(13-21)15-5-7-29-8-6-15/h1-4,15-16,18,26H,5-13H2. The number of aliphatic hydroxyl groups excluding tert-OH is 1. The van der Waals surface area contributed by atoms with Crippen molar-refractivity contribution >= 4 is 23.4 Å². The lowest BCUT2D eigenvalue weighted by Gasteiger charge is -2.60. The number of amides is 2. The van der Waals surface area contributed by atoms with Gasteiger partial charge in [0.2, 0.25) is 5.91 Å². The highest BCUT2D eigenvalue weighted by Crippen LogP contribution is 2.42. The average molecular weight is 420 g/mol. The summed E-state index contributed by atoms with van der Waals surface area (Å²) >= 11 is 6.30. The maximum atomic E-state index is 13.6. The maximum absolute atomic E-state index is 13.6. The van der Waals surface area contributed by atoms with Gasteiger partial charge in [0.15, 0.2) is 0 Å². The molecule has 0 aromatic heterocycles. The molecule has 1 N–H and O–H groups in total. The van der Waals surface area contributed by atoms with Crippen LogP contribution in [0.1, 0.15) is 24.8 Å². The SMILES string of the molecule is O=C1C2CC(O)CN2C2(CN(C3CCOCC3)C2)C(=O)N1Cc1ccccc1Cl. The largest absolute Gasteiger partial charge is 0.392 e. The molecule has 0 bridgehead atoms. The summed E-state index contributed by atoms with van der Waals surface area (Å²) in [5.41, 5.74) is 0.0360. The Morgan fingerprint density at radius 1 is 1.17 bits per heavy atom. The summed E-state index contributed by atoms with van der Waals surface area (Å²) in [5.74, 6) is -0.377. The van der Waals surface area contributed by atoms with Crippen molar-refractivity contribution in [1.82, 2.24) is 14.7 Å². The van der Waals surface area contributed by atoms with Gasteiger partial charge in [0, 0.05) is 43.9 Å². The van der Waals surface area contributed by atoms with Crippen molar-refractivity contribution in [2.75, 3.05) is 32.8 Å². The second kappa shape index (κ2) is 7.32. The van der Waals surface area contributed by atoms with Crippen molar-refractivity contribution in [2.45, 2.75) is 49.5 Å². The molecule has 29 heavy (non-hydrogen) atoms. The van der Waals surface area contributed by atoms with Crippen molar-refractivity contribution in [3.63, 3.8) is 0 Å². The number of halogens is 1. The zero-order valence-corrected chi connectivity index (χ0v) is 17.1. The van der Waals surface area contributed by atoms with E-state index in [1.165, 1.54) is 4.90 Å². The summed E-state index contributed by atoms with van der Waals surface area (Å²) in [6.45, 7) is 3.27. The Morgan fingerprint density at radius 2 is 1.90 bits per heavy atom. The van der Waals surface area contributed by atoms with Crippen LogP contribution in [0.25, 0.3) is 0 Å². The molecule has 1 aromatic rings. The van der Waals surface area contributed by atoms with E-state index in [1.807, 2.05) is 23.1 Å². The van der Waals surface area contributed by atoms with Crippen LogP contribution in [0.15, 0.2) is 24.3 Å². The monoisotopic (exact) mass is 419 g/mol. The fourth-order valence-corrected chi connectivity index (χ4v) is 5.57. The quantitative estimate of drug-likeness (QED) is 0.733. The van der Waals surface area contributed by atoms with Crippen LogP contribution in [0, 0.1) is 0 Å². The summed E-state index contributed by atoms with van der Waals surface area (Å²) in [7, 11) is 0. The van der Waals surface area contributed by atoms with E-state index in [1.54, 1.807) is 6.07 Å². The molecule has 1 aromatic carbocycles. The molecule has 2 amide bonds. The minimum Gasteiger partial charge on any atom is -0.392 e. The first-order valence-electron chi connectivity index (χ1n) is 10.4. The summed E-state index contributed by atoms with van der Waals surface area (Å²) < 4.78 is 5.47. The fourth-order valence-electron chi connectivity index (χ4n) is 5.37. The molecular weight excluding hydrogens is 394 g/mol. The number of rotatable bonds is 3. The first kappa shape index (κ1) is 19.5. The predicted octanol–water partition coefficient (Wildman–Crippen LogP) is 0.877. The van der Waals surface area contributed by atoms with E-state index in [4.69, 9.17) is 16.3 Å². The van der Waals surface area contributed by atoms with Gasteiger partial charge >= 0.3 is 0 Å². The molecule has 5 rings (SSSR count). The van der Waals surface area contributed by atoms with Gasteiger partial charge in [0.1, 0.15) is 5.54 Å². The van der Waals surface area contributed by atoms with E-state index in [9.17, 15) is 14.7 Å². The van der Waals surface area contributed by atoms with Crippen LogP contribution in [0.2, 0.25) is 5.02 Å². The Labute approximate surface area is 175 Å². The van der Waals surface area contributed by atoms with Gasteiger partial charge < -0.3 is 9.84 Å². The lowest BCUT2D eigenvalue weighted by atomic mass is 9.80. The third kappa shape index (κ3) is 3.11. The van der Waals surface area contributed by atoms with E-state index in [0.29, 0.717) is 37.1 Å². The van der Waals surface area contributed by atoms with Crippen LogP contribution < -0.4 is 0 Å². The highest BCUT2D eigenvalue weighted by atomic mass is 35.5. The van der Waals surface area contributed by atoms with E-state index in [0.717, 1.165) is 31.6 Å². The molecule has 4 aliphatic heterocycles. The number of imide groups is 1. The molecule has 0 aliphatic carbocycles. The molecule has 2 unspecified atom stereocenters. The van der Waals surface area contributed by atoms with Crippen LogP contribution in [0.5, 0.6) is 0 Å². The Bertz CT molecular complexity index is 822. The number of piperazine rings is 1. The summed E-state index contributed by atoms with van der Waals surface area (Å²) in [6, 6.07) is 7.29. The zero-order valence-electron chi connectivity index (χ0n) is 16.3. The molecule has 0 radical (unpaired) electrons. The average Bonchev–Trinajstić information content (AvgIpc) is 3.08. The van der Waals surface area contributed by atoms with E-state index in [2.05, 4.69) is 4.90 Å². The van der Waals surface area contributed by atoms with Crippen LogP contribution in [0.3, 0.4) is 0 Å². The van der Waals surface area contributed by atoms with Crippen LogP contribution in [-0.4, -0.2) is 88.2 Å². The number of nitrogens with zero attached hydrogens (tertiary/aromatic N) is 3. The Kier molecular flexibility index (Phi) is 4.91. The number of likely N-dealkylation sites (tertiary alicyclic amines) is 1. The van der Waals surface area contributed by atoms with Gasteiger partial charge in [-0.1, -0.05) is 29.8 Å². The van der Waals surface area contributed by atoms with Gasteiger partial charge in [-0.25, -0.2) is 0 Å². The minimum absolute atomic E-state index is 0.156. The van der Waals surface area contributed by atoms with Crippen LogP contribution in [0.4, 0.5) is 0 Å². The molecule has 4 fully saturated rings. The van der Waals surface area contributed by atoms with Crippen molar-refractivity contribution in [2.24, 2.45) is 0 Å². The number of benzene rings is 1. The smallest absolute Gasteiger partial charge is 0.252 e. The first-order chi connectivity index (χ1) is 14.0. The number of carbonyl (C=O) groups excluding carboxylic acids is 2. The van der Waals surface area contributed by atoms with Gasteiger partial charge in [0.05, 0.1) is 18.7 Å². The number of hydrogen-bond acceptors (Lipinski definition) is 6. The molecule has 156 valence electrons. The third-order valence-corrected chi connectivity index (χ3v) is 7.31. The van der Waals surface area contributed by atoms with Crippen LogP contribution in [-0.2, 0) is 20.9 Å². The maximum Gasteiger partial charge on any atom is 0.252 e. The summed E-state index contributed by atoms with van der Waals surface area (Å²) in [6.07, 6.45) is 1.74. The topological polar surface area (TPSA) is 73.3 Å². The second-order valence-corrected chi connectivity index (χ2v) is 9.07. The lowest BCUT2D eigenvalue weighted by molar-refractivity contribution is -0.184. The number of β-amino-alcohol motifs (C(OH)–C–C–N with tert-alkyl or cyclic N) is 1. The van der Waals surface area contributed by atoms with Crippen LogP contribution >= 0.6 is 11.6 Å². The molecule has 0 saturated carbocycles. The Hall–Kier alpha value is -1.51. The molecule has 7 nitrogen and oxygen atoms in total. The Balaban J connectivity index is 1.42. The molecular formula is C21H26ClN3O4. The zero-order chi connectivity index (χ0) is 20.2. The third-order valence-electron chi connectivity index (χ3n) is 6.95. The van der Waals surface area contributed by atoms with Gasteiger partial charge in [-0.2, -0.15) is 0 Å². The molecule has 1 spiro atoms. The molecule has 4 saturated heterocycles. The van der Waals surface area contributed by atoms with Crippen molar-refractivity contribution in [3.05, 3.63) is 34.9 Å². The van der Waals surface area contributed by atoms with Crippen molar-refractivity contribution < 1.29 is 19.4 Å². The molecule has 4 aliphatic rings. The van der Waals surface area contributed by atoms with E-state index >= 15 is 0 Å². The normalized spacial score (nSPS) is 30.6. The number of hydrogen-bond donors (Lipinski definition) is 1. The van der Waals surface area contributed by atoms with E-state index < -0.39 is 17.7 Å². The number of fused-ring (bicyclic) bond motifs is 2.